The lowest BCUT2D eigenvalue weighted by atomic mass is 10.2. The maximum atomic E-state index is 9.27. The minimum atomic E-state index is -0.114. The highest BCUT2D eigenvalue weighted by Gasteiger charge is 2.14. The molecule has 4 nitrogen and oxygen atoms in total. The Balaban J connectivity index is 1.90. The summed E-state index contributed by atoms with van der Waals surface area (Å²) in [7, 11) is 0. The molecule has 0 saturated heterocycles. The first-order chi connectivity index (χ1) is 9.26. The highest BCUT2D eigenvalue weighted by atomic mass is 35.5. The maximum absolute atomic E-state index is 9.27. The minimum Gasteiger partial charge on any atom is -0.457 e. The van der Waals surface area contributed by atoms with Crippen molar-refractivity contribution in [3.8, 4) is 23.0 Å². The van der Waals surface area contributed by atoms with E-state index >= 15 is 0 Å². The number of ether oxygens (including phenoxy) is 3. The molecule has 2 aromatic rings. The molecule has 1 N–H and O–H groups in total. The summed E-state index contributed by atoms with van der Waals surface area (Å²) in [4.78, 5) is 0. The van der Waals surface area contributed by atoms with Crippen LogP contribution in [-0.4, -0.2) is 11.9 Å². The van der Waals surface area contributed by atoms with E-state index in [1.807, 2.05) is 0 Å². The predicted octanol–water partition coefficient (Wildman–Crippen LogP) is 3.35. The third-order valence-corrected chi connectivity index (χ3v) is 3.01. The molecule has 0 saturated carbocycles. The van der Waals surface area contributed by atoms with E-state index in [0.717, 1.165) is 0 Å². The van der Waals surface area contributed by atoms with Gasteiger partial charge in [-0.05, 0) is 24.3 Å². The number of fused-ring (bicyclic) bond motifs is 1. The summed E-state index contributed by atoms with van der Waals surface area (Å²) in [5.41, 5.74) is 0.669. The number of aliphatic hydroxyl groups is 1. The summed E-state index contributed by atoms with van der Waals surface area (Å²) in [5.74, 6) is 2.46. The summed E-state index contributed by atoms with van der Waals surface area (Å²) in [5, 5.41) is 9.82. The van der Waals surface area contributed by atoms with Crippen LogP contribution >= 0.6 is 11.6 Å². The van der Waals surface area contributed by atoms with Crippen LogP contribution in [0.15, 0.2) is 36.4 Å². The molecule has 2 aromatic carbocycles. The second kappa shape index (κ2) is 4.99. The van der Waals surface area contributed by atoms with E-state index < -0.39 is 0 Å². The molecule has 1 heterocycles. The molecule has 0 fully saturated rings. The van der Waals surface area contributed by atoms with Crippen molar-refractivity contribution < 1.29 is 19.3 Å². The fraction of sp³-hybridized carbons (Fsp3) is 0.143. The van der Waals surface area contributed by atoms with Gasteiger partial charge in [-0.15, -0.1) is 0 Å². The number of halogens is 1. The largest absolute Gasteiger partial charge is 0.457 e. The monoisotopic (exact) mass is 278 g/mol. The quantitative estimate of drug-likeness (QED) is 0.935. The first kappa shape index (κ1) is 12.1. The zero-order valence-corrected chi connectivity index (χ0v) is 10.7. The van der Waals surface area contributed by atoms with Crippen molar-refractivity contribution in [1.82, 2.24) is 0 Å². The first-order valence-electron chi connectivity index (χ1n) is 5.73. The van der Waals surface area contributed by atoms with Crippen molar-refractivity contribution >= 4 is 11.6 Å². The number of hydrogen-bond donors (Lipinski definition) is 1. The van der Waals surface area contributed by atoms with Gasteiger partial charge in [0.2, 0.25) is 6.79 Å². The maximum Gasteiger partial charge on any atom is 0.231 e. The van der Waals surface area contributed by atoms with E-state index in [-0.39, 0.29) is 13.4 Å². The molecule has 0 spiro atoms. The second-order valence-corrected chi connectivity index (χ2v) is 4.46. The number of benzene rings is 2. The predicted molar refractivity (Wildman–Crippen MR) is 70.0 cm³/mol. The second-order valence-electron chi connectivity index (χ2n) is 4.03. The van der Waals surface area contributed by atoms with Crippen molar-refractivity contribution in [3.63, 3.8) is 0 Å². The standard InChI is InChI=1S/C14H11ClO4/c15-10-2-1-9(7-16)13(5-10)19-11-3-4-12-14(6-11)18-8-17-12/h1-6,16H,7-8H2. The average molecular weight is 279 g/mol. The van der Waals surface area contributed by atoms with Crippen LogP contribution in [0.3, 0.4) is 0 Å². The van der Waals surface area contributed by atoms with Gasteiger partial charge in [0.1, 0.15) is 11.5 Å². The Morgan fingerprint density at radius 3 is 2.79 bits per heavy atom. The Morgan fingerprint density at radius 2 is 1.95 bits per heavy atom. The van der Waals surface area contributed by atoms with Crippen LogP contribution in [0.5, 0.6) is 23.0 Å². The van der Waals surface area contributed by atoms with Gasteiger partial charge in [0, 0.05) is 16.7 Å². The van der Waals surface area contributed by atoms with Gasteiger partial charge in [-0.2, -0.15) is 0 Å². The Bertz CT molecular complexity index is 612. The lowest BCUT2D eigenvalue weighted by Crippen LogP contribution is -1.93. The molecule has 19 heavy (non-hydrogen) atoms. The van der Waals surface area contributed by atoms with Gasteiger partial charge in [0.05, 0.1) is 6.61 Å². The fourth-order valence-corrected chi connectivity index (χ4v) is 1.98. The highest BCUT2D eigenvalue weighted by molar-refractivity contribution is 6.30. The van der Waals surface area contributed by atoms with Crippen LogP contribution in [-0.2, 0) is 6.61 Å². The van der Waals surface area contributed by atoms with Crippen LogP contribution in [0, 0.1) is 0 Å². The molecule has 3 rings (SSSR count). The topological polar surface area (TPSA) is 47.9 Å². The smallest absolute Gasteiger partial charge is 0.231 e. The summed E-state index contributed by atoms with van der Waals surface area (Å²) in [6.07, 6.45) is 0. The number of aliphatic hydroxyl groups excluding tert-OH is 1. The van der Waals surface area contributed by atoms with Gasteiger partial charge in [-0.1, -0.05) is 17.7 Å². The number of hydrogen-bond acceptors (Lipinski definition) is 4. The summed E-state index contributed by atoms with van der Waals surface area (Å²) in [6, 6.07) is 10.4. The molecule has 0 bridgehead atoms. The molecule has 0 unspecified atom stereocenters. The first-order valence-corrected chi connectivity index (χ1v) is 6.11. The average Bonchev–Trinajstić information content (AvgIpc) is 2.86. The lowest BCUT2D eigenvalue weighted by molar-refractivity contribution is 0.174. The van der Waals surface area contributed by atoms with Crippen molar-refractivity contribution in [3.05, 3.63) is 47.0 Å². The van der Waals surface area contributed by atoms with Gasteiger partial charge in [0.15, 0.2) is 11.5 Å². The Kier molecular flexibility index (Phi) is 3.19. The fourth-order valence-electron chi connectivity index (χ4n) is 1.82. The normalized spacial score (nSPS) is 12.5. The van der Waals surface area contributed by atoms with Gasteiger partial charge in [-0.3, -0.25) is 0 Å². The van der Waals surface area contributed by atoms with Crippen molar-refractivity contribution in [2.24, 2.45) is 0 Å². The zero-order chi connectivity index (χ0) is 13.2. The highest BCUT2D eigenvalue weighted by Crippen LogP contribution is 2.37. The van der Waals surface area contributed by atoms with E-state index in [0.29, 0.717) is 33.6 Å². The number of rotatable bonds is 3. The van der Waals surface area contributed by atoms with Crippen LogP contribution < -0.4 is 14.2 Å². The Morgan fingerprint density at radius 1 is 1.11 bits per heavy atom. The van der Waals surface area contributed by atoms with Crippen LogP contribution in [0.1, 0.15) is 5.56 Å². The molecular weight excluding hydrogens is 268 g/mol. The molecule has 0 aromatic heterocycles. The van der Waals surface area contributed by atoms with Gasteiger partial charge in [0.25, 0.3) is 0 Å². The Labute approximate surface area is 115 Å². The van der Waals surface area contributed by atoms with Gasteiger partial charge >= 0.3 is 0 Å². The minimum absolute atomic E-state index is 0.114. The van der Waals surface area contributed by atoms with Crippen LogP contribution in [0.4, 0.5) is 0 Å². The van der Waals surface area contributed by atoms with Crippen LogP contribution in [0.25, 0.3) is 0 Å². The molecule has 98 valence electrons. The molecular formula is C14H11ClO4. The zero-order valence-electron chi connectivity index (χ0n) is 9.93. The van der Waals surface area contributed by atoms with E-state index in [4.69, 9.17) is 25.8 Å². The third-order valence-electron chi connectivity index (χ3n) is 2.77. The van der Waals surface area contributed by atoms with E-state index in [1.165, 1.54) is 0 Å². The summed E-state index contributed by atoms with van der Waals surface area (Å²) >= 11 is 5.93. The van der Waals surface area contributed by atoms with E-state index in [2.05, 4.69) is 0 Å². The molecule has 0 radical (unpaired) electrons. The molecule has 0 amide bonds. The SMILES string of the molecule is OCc1ccc(Cl)cc1Oc1ccc2c(c1)OCO2. The van der Waals surface area contributed by atoms with E-state index in [9.17, 15) is 5.11 Å². The Hall–Kier alpha value is -1.91. The van der Waals surface area contributed by atoms with Crippen molar-refractivity contribution in [1.29, 1.82) is 0 Å². The van der Waals surface area contributed by atoms with Gasteiger partial charge < -0.3 is 19.3 Å². The van der Waals surface area contributed by atoms with E-state index in [1.54, 1.807) is 36.4 Å². The molecule has 5 heteroatoms. The van der Waals surface area contributed by atoms with Gasteiger partial charge in [-0.25, -0.2) is 0 Å². The van der Waals surface area contributed by atoms with Crippen molar-refractivity contribution in [2.75, 3.05) is 6.79 Å². The van der Waals surface area contributed by atoms with Crippen molar-refractivity contribution in [2.45, 2.75) is 6.61 Å². The molecule has 0 atom stereocenters. The molecule has 0 aliphatic carbocycles. The summed E-state index contributed by atoms with van der Waals surface area (Å²) < 4.78 is 16.2. The molecule has 1 aliphatic rings. The lowest BCUT2D eigenvalue weighted by Gasteiger charge is -2.10. The molecule has 1 aliphatic heterocycles. The summed E-state index contributed by atoms with van der Waals surface area (Å²) in [6.45, 7) is 0.106. The third kappa shape index (κ3) is 2.45. The van der Waals surface area contributed by atoms with Crippen LogP contribution in [0.2, 0.25) is 5.02 Å².